The molecule has 0 aliphatic heterocycles. The monoisotopic (exact) mass is 232 g/mol. The van der Waals surface area contributed by atoms with Crippen LogP contribution in [0.25, 0.3) is 0 Å². The summed E-state index contributed by atoms with van der Waals surface area (Å²) in [4.78, 5) is 0. The molecule has 0 heterocycles. The number of hydrogen-bond acceptors (Lipinski definition) is 0. The Balaban J connectivity index is -0.0000000115. The van der Waals surface area contributed by atoms with Crippen LogP contribution in [-0.2, 0) is 0 Å². The van der Waals surface area contributed by atoms with Crippen LogP contribution in [-0.4, -0.2) is 0 Å². The maximum atomic E-state index is 2.19. The van der Waals surface area contributed by atoms with Crippen molar-refractivity contribution in [1.82, 2.24) is 0 Å². The van der Waals surface area contributed by atoms with Gasteiger partial charge in [0.2, 0.25) is 0 Å². The molecule has 0 nitrogen and oxygen atoms in total. The van der Waals surface area contributed by atoms with Crippen molar-refractivity contribution in [2.75, 3.05) is 0 Å². The third-order valence-corrected chi connectivity index (χ3v) is 0. The van der Waals surface area contributed by atoms with E-state index >= 15 is 0 Å². The van der Waals surface area contributed by atoms with Gasteiger partial charge in [-0.25, -0.2) is 0 Å². The van der Waals surface area contributed by atoms with Crippen LogP contribution in [0.5, 0.6) is 0 Å². The Morgan fingerprint density at radius 3 is 0.786 bits per heavy atom. The molecule has 0 aliphatic carbocycles. The molecule has 0 bridgehead atoms. The fourth-order valence-corrected chi connectivity index (χ4v) is 0. The molecule has 1 heteroatoms. The van der Waals surface area contributed by atoms with Crippen molar-refractivity contribution >= 4 is 0 Å². The summed E-state index contributed by atoms with van der Waals surface area (Å²) in [5.41, 5.74) is 0.500. The average Bonchev–Trinajstić information content (AvgIpc) is 1.93. The van der Waals surface area contributed by atoms with E-state index in [-0.39, 0.29) is 60.2 Å². The third-order valence-electron chi connectivity index (χ3n) is 0. The van der Waals surface area contributed by atoms with Gasteiger partial charge in [0.15, 0.2) is 0 Å². The third kappa shape index (κ3) is 813. The van der Waals surface area contributed by atoms with E-state index in [0.717, 1.165) is 0 Å². The van der Waals surface area contributed by atoms with Gasteiger partial charge in [-0.15, -0.1) is 0 Å². The molecule has 0 saturated heterocycles. The molecular formula is C13H37K. The van der Waals surface area contributed by atoms with Crippen LogP contribution in [0, 0.1) is 5.41 Å². The first-order valence-electron chi connectivity index (χ1n) is 5.41. The van der Waals surface area contributed by atoms with Crippen molar-refractivity contribution in [3.05, 3.63) is 0 Å². The molecule has 0 N–H and O–H groups in total. The topological polar surface area (TPSA) is 0 Å². The van der Waals surface area contributed by atoms with Crippen LogP contribution in [0.15, 0.2) is 0 Å². The summed E-state index contributed by atoms with van der Waals surface area (Å²) in [5, 5.41) is 0. The van der Waals surface area contributed by atoms with Gasteiger partial charge in [0.25, 0.3) is 0 Å². The first kappa shape index (κ1) is 36.1. The maximum Gasteiger partial charge on any atom is 1.00 e. The largest absolute Gasteiger partial charge is 1.00 e. The Kier molecular flexibility index (Phi) is 94.0. The van der Waals surface area contributed by atoms with Crippen LogP contribution in [0.4, 0.5) is 0 Å². The standard InChI is InChI=1S/C5H12.C3H8.2C2H6.CH4.K.H/c1-5(2,3)4;1-3-2;2*1-2;;;/h1-4H3;3H2,1-2H3;2*1-2H3;1H4;;/q;;;;;+1;-1. The molecule has 0 aliphatic rings. The van der Waals surface area contributed by atoms with Crippen molar-refractivity contribution in [3.63, 3.8) is 0 Å². The van der Waals surface area contributed by atoms with Crippen molar-refractivity contribution in [2.45, 2.75) is 83.1 Å². The number of hydrogen-bond donors (Lipinski definition) is 0. The minimum absolute atomic E-state index is 0. The summed E-state index contributed by atoms with van der Waals surface area (Å²) < 4.78 is 0. The van der Waals surface area contributed by atoms with Gasteiger partial charge in [-0.2, -0.15) is 0 Å². The normalized spacial score (nSPS) is 6.43. The average molecular weight is 233 g/mol. The summed E-state index contributed by atoms with van der Waals surface area (Å²) >= 11 is 0. The predicted molar refractivity (Wildman–Crippen MR) is 71.6 cm³/mol. The fourth-order valence-electron chi connectivity index (χ4n) is 0. The molecule has 0 aromatic heterocycles. The molecule has 0 amide bonds. The fraction of sp³-hybridized carbons (Fsp3) is 1.00. The molecule has 0 unspecified atom stereocenters. The van der Waals surface area contributed by atoms with Gasteiger partial charge >= 0.3 is 51.4 Å². The zero-order chi connectivity index (χ0) is 11.2. The summed E-state index contributed by atoms with van der Waals surface area (Å²) in [6, 6.07) is 0. The minimum atomic E-state index is 0. The molecule has 0 aromatic carbocycles. The quantitative estimate of drug-likeness (QED) is 0.562. The summed E-state index contributed by atoms with van der Waals surface area (Å²) in [5.74, 6) is 0. The van der Waals surface area contributed by atoms with Gasteiger partial charge in [-0.3, -0.25) is 0 Å². The van der Waals surface area contributed by atoms with Gasteiger partial charge < -0.3 is 1.43 Å². The second kappa shape index (κ2) is 36.5. The van der Waals surface area contributed by atoms with Gasteiger partial charge in [-0.1, -0.05) is 83.1 Å². The molecule has 0 fully saturated rings. The smallest absolute Gasteiger partial charge is 1.00 e. The molecule has 0 atom stereocenters. The molecule has 0 saturated carbocycles. The van der Waals surface area contributed by atoms with E-state index in [1.165, 1.54) is 6.42 Å². The molecule has 0 radical (unpaired) electrons. The molecule has 14 heavy (non-hydrogen) atoms. The molecule has 90 valence electrons. The molecule has 0 spiro atoms. The van der Waals surface area contributed by atoms with Gasteiger partial charge in [0.1, 0.15) is 0 Å². The van der Waals surface area contributed by atoms with E-state index in [2.05, 4.69) is 41.5 Å². The van der Waals surface area contributed by atoms with Gasteiger partial charge in [0, 0.05) is 0 Å². The molecule has 0 rings (SSSR count). The summed E-state index contributed by atoms with van der Waals surface area (Å²) in [7, 11) is 0. The maximum absolute atomic E-state index is 2.19. The molecule has 0 aromatic rings. The van der Waals surface area contributed by atoms with Crippen molar-refractivity contribution < 1.29 is 52.8 Å². The van der Waals surface area contributed by atoms with E-state index in [1.807, 2.05) is 27.7 Å². The second-order valence-corrected chi connectivity index (χ2v) is 3.71. The Morgan fingerprint density at radius 1 is 0.786 bits per heavy atom. The first-order valence-corrected chi connectivity index (χ1v) is 5.41. The van der Waals surface area contributed by atoms with Crippen LogP contribution >= 0.6 is 0 Å². The van der Waals surface area contributed by atoms with E-state index < -0.39 is 0 Å². The van der Waals surface area contributed by atoms with Gasteiger partial charge in [-0.05, 0) is 5.41 Å². The van der Waals surface area contributed by atoms with Crippen LogP contribution in [0.2, 0.25) is 0 Å². The summed E-state index contributed by atoms with van der Waals surface area (Å²) in [6.45, 7) is 21.0. The minimum Gasteiger partial charge on any atom is -1.00 e. The Hall–Kier alpha value is 1.64. The first-order chi connectivity index (χ1) is 5.41. The molecular weight excluding hydrogens is 195 g/mol. The zero-order valence-corrected chi connectivity index (χ0v) is 15.3. The Labute approximate surface area is 140 Å². The zero-order valence-electron chi connectivity index (χ0n) is 13.2. The SMILES string of the molecule is C.CC.CC.CC(C)(C)C.CCC.[H-].[K+]. The van der Waals surface area contributed by atoms with E-state index in [9.17, 15) is 0 Å². The van der Waals surface area contributed by atoms with E-state index in [1.54, 1.807) is 0 Å². The van der Waals surface area contributed by atoms with Crippen LogP contribution in [0.3, 0.4) is 0 Å². The summed E-state index contributed by atoms with van der Waals surface area (Å²) in [6.07, 6.45) is 1.25. The van der Waals surface area contributed by atoms with Crippen molar-refractivity contribution in [3.8, 4) is 0 Å². The Morgan fingerprint density at radius 2 is 0.786 bits per heavy atom. The van der Waals surface area contributed by atoms with Crippen LogP contribution in [0.1, 0.15) is 84.5 Å². The van der Waals surface area contributed by atoms with Crippen LogP contribution < -0.4 is 51.4 Å². The van der Waals surface area contributed by atoms with Crippen molar-refractivity contribution in [1.29, 1.82) is 0 Å². The van der Waals surface area contributed by atoms with Gasteiger partial charge in [0.05, 0.1) is 0 Å². The Bertz CT molecular complexity index is 34.3. The second-order valence-electron chi connectivity index (χ2n) is 3.71. The van der Waals surface area contributed by atoms with E-state index in [4.69, 9.17) is 0 Å². The predicted octanol–water partition coefficient (Wildman–Crippen LogP) is 3.27. The number of rotatable bonds is 0. The van der Waals surface area contributed by atoms with E-state index in [0.29, 0.717) is 5.41 Å². The van der Waals surface area contributed by atoms with Crippen molar-refractivity contribution in [2.24, 2.45) is 5.41 Å².